The van der Waals surface area contributed by atoms with Gasteiger partial charge in [-0.15, -0.1) is 0 Å². The summed E-state index contributed by atoms with van der Waals surface area (Å²) in [6.45, 7) is 6.39. The fourth-order valence-electron chi connectivity index (χ4n) is 4.12. The highest BCUT2D eigenvalue weighted by atomic mass is 16.3. The number of aliphatic hydroxyl groups is 2. The van der Waals surface area contributed by atoms with Crippen LogP contribution in [0, 0.1) is 6.92 Å². The predicted octanol–water partition coefficient (Wildman–Crippen LogP) is 3.52. The van der Waals surface area contributed by atoms with E-state index < -0.39 is 6.10 Å². The average molecular weight is 493 g/mol. The van der Waals surface area contributed by atoms with Crippen molar-refractivity contribution in [1.82, 2.24) is 10.6 Å². The van der Waals surface area contributed by atoms with E-state index in [0.29, 0.717) is 42.6 Å². The molecule has 6 N–H and O–H groups in total. The van der Waals surface area contributed by atoms with Crippen LogP contribution in [0.25, 0.3) is 0 Å². The Morgan fingerprint density at radius 1 is 0.972 bits per heavy atom. The second-order valence-electron chi connectivity index (χ2n) is 9.83. The van der Waals surface area contributed by atoms with Gasteiger partial charge in [0, 0.05) is 29.8 Å². The molecule has 0 heterocycles. The van der Waals surface area contributed by atoms with Crippen LogP contribution in [0.1, 0.15) is 58.1 Å². The van der Waals surface area contributed by atoms with Gasteiger partial charge in [0.2, 0.25) is 0 Å². The van der Waals surface area contributed by atoms with Crippen LogP contribution >= 0.6 is 0 Å². The summed E-state index contributed by atoms with van der Waals surface area (Å²) in [5.41, 5.74) is 4.08. The summed E-state index contributed by atoms with van der Waals surface area (Å²) >= 11 is 0. The van der Waals surface area contributed by atoms with Gasteiger partial charge in [-0.05, 0) is 86.2 Å². The Labute approximate surface area is 212 Å². The molecule has 0 aliphatic heterocycles. The molecule has 0 saturated heterocycles. The maximum absolute atomic E-state index is 12.7. The number of aromatic hydroxyl groups is 2. The van der Waals surface area contributed by atoms with Gasteiger partial charge in [0.1, 0.15) is 11.5 Å². The van der Waals surface area contributed by atoms with Crippen LogP contribution in [0.2, 0.25) is 0 Å². The SMILES string of the molecule is Cc1cc(CCNC(=O)c2cccc(CC(C)(C)NC[C@@H](O)c3ccc(O)c(CO)c3)c2)ccc1O. The molecule has 1 atom stereocenters. The van der Waals surface area contributed by atoms with Crippen molar-refractivity contribution in [3.05, 3.63) is 94.0 Å². The monoisotopic (exact) mass is 492 g/mol. The Hall–Kier alpha value is -3.39. The molecule has 3 rings (SSSR count). The van der Waals surface area contributed by atoms with Crippen LogP contribution in [-0.4, -0.2) is 45.0 Å². The Balaban J connectivity index is 1.53. The minimum absolute atomic E-state index is 0.00103. The number of rotatable bonds is 11. The number of carbonyl (C=O) groups is 1. The van der Waals surface area contributed by atoms with E-state index >= 15 is 0 Å². The largest absolute Gasteiger partial charge is 0.508 e. The number of nitrogens with one attached hydrogen (secondary N) is 2. The van der Waals surface area contributed by atoms with Gasteiger partial charge in [0.05, 0.1) is 12.7 Å². The van der Waals surface area contributed by atoms with Crippen molar-refractivity contribution >= 4 is 5.91 Å². The van der Waals surface area contributed by atoms with Gasteiger partial charge in [-0.3, -0.25) is 4.79 Å². The molecule has 0 aliphatic carbocycles. The number of carbonyl (C=O) groups excluding carboxylic acids is 1. The van der Waals surface area contributed by atoms with Crippen LogP contribution in [0.3, 0.4) is 0 Å². The summed E-state index contributed by atoms with van der Waals surface area (Å²) in [6.07, 6.45) is 0.516. The number of phenols is 2. The normalized spacial score (nSPS) is 12.4. The fraction of sp³-hybridized carbons (Fsp3) is 0.345. The van der Waals surface area contributed by atoms with E-state index in [1.807, 2.05) is 51.1 Å². The zero-order valence-corrected chi connectivity index (χ0v) is 21.1. The molecule has 0 radical (unpaired) electrons. The van der Waals surface area contributed by atoms with Crippen LogP contribution in [0.15, 0.2) is 60.7 Å². The topological polar surface area (TPSA) is 122 Å². The zero-order chi connectivity index (χ0) is 26.3. The molecule has 7 heteroatoms. The van der Waals surface area contributed by atoms with Crippen molar-refractivity contribution in [3.8, 4) is 11.5 Å². The third-order valence-corrected chi connectivity index (χ3v) is 6.23. The van der Waals surface area contributed by atoms with Crippen LogP contribution < -0.4 is 10.6 Å². The maximum Gasteiger partial charge on any atom is 0.251 e. The molecule has 0 unspecified atom stereocenters. The number of β-amino-alcohol motifs (C(OH)–C–C–N with tert-alkyl or cyclic N) is 1. The molecule has 0 bridgehead atoms. The van der Waals surface area contributed by atoms with E-state index in [9.17, 15) is 25.2 Å². The molecule has 36 heavy (non-hydrogen) atoms. The Bertz CT molecular complexity index is 1190. The molecule has 0 aromatic heterocycles. The Kier molecular flexibility index (Phi) is 9.09. The second-order valence-corrected chi connectivity index (χ2v) is 9.83. The molecule has 1 amide bonds. The molecule has 3 aromatic carbocycles. The second kappa shape index (κ2) is 12.0. The summed E-state index contributed by atoms with van der Waals surface area (Å²) in [4.78, 5) is 12.7. The van der Waals surface area contributed by atoms with E-state index in [1.165, 1.54) is 6.07 Å². The number of aliphatic hydroxyl groups excluding tert-OH is 2. The number of phenolic OH excluding ortho intramolecular Hbond substituents is 1. The molecule has 0 spiro atoms. The summed E-state index contributed by atoms with van der Waals surface area (Å²) in [7, 11) is 0. The first-order valence-electron chi connectivity index (χ1n) is 12.1. The van der Waals surface area contributed by atoms with E-state index in [-0.39, 0.29) is 29.6 Å². The minimum Gasteiger partial charge on any atom is -0.508 e. The van der Waals surface area contributed by atoms with Crippen LogP contribution in [0.4, 0.5) is 0 Å². The van der Waals surface area contributed by atoms with Gasteiger partial charge in [-0.1, -0.05) is 30.3 Å². The number of benzene rings is 3. The molecular formula is C29H36N2O5. The number of amides is 1. The van der Waals surface area contributed by atoms with Gasteiger partial charge in [0.15, 0.2) is 0 Å². The van der Waals surface area contributed by atoms with Crippen molar-refractivity contribution in [2.24, 2.45) is 0 Å². The molecule has 0 aliphatic rings. The van der Waals surface area contributed by atoms with Gasteiger partial charge in [-0.2, -0.15) is 0 Å². The summed E-state index contributed by atoms with van der Waals surface area (Å²) < 4.78 is 0. The van der Waals surface area contributed by atoms with Crippen molar-refractivity contribution in [1.29, 1.82) is 0 Å². The van der Waals surface area contributed by atoms with Crippen molar-refractivity contribution in [3.63, 3.8) is 0 Å². The lowest BCUT2D eigenvalue weighted by molar-refractivity contribution is 0.0954. The molecule has 0 fully saturated rings. The highest BCUT2D eigenvalue weighted by molar-refractivity contribution is 5.94. The van der Waals surface area contributed by atoms with Crippen LogP contribution in [-0.2, 0) is 19.4 Å². The van der Waals surface area contributed by atoms with E-state index in [2.05, 4.69) is 10.6 Å². The third-order valence-electron chi connectivity index (χ3n) is 6.23. The van der Waals surface area contributed by atoms with E-state index in [4.69, 9.17) is 0 Å². The molecule has 192 valence electrons. The standard InChI is InChI=1S/C29H36N2O5/c1-19-13-20(7-9-25(19)33)11-12-30-28(36)23-6-4-5-21(14-23)16-29(2,3)31-17-27(35)22-8-10-26(34)24(15-22)18-32/h4-10,13-15,27,31-35H,11-12,16-18H2,1-3H3,(H,30,36)/t27-/m1/s1. The Morgan fingerprint density at radius 2 is 1.72 bits per heavy atom. The first kappa shape index (κ1) is 27.2. The Morgan fingerprint density at radius 3 is 2.44 bits per heavy atom. The van der Waals surface area contributed by atoms with Crippen molar-refractivity contribution in [2.75, 3.05) is 13.1 Å². The van der Waals surface area contributed by atoms with Gasteiger partial charge < -0.3 is 31.1 Å². The molecule has 0 saturated carbocycles. The van der Waals surface area contributed by atoms with Crippen molar-refractivity contribution in [2.45, 2.75) is 51.9 Å². The zero-order valence-electron chi connectivity index (χ0n) is 21.1. The average Bonchev–Trinajstić information content (AvgIpc) is 2.85. The molecule has 3 aromatic rings. The first-order valence-corrected chi connectivity index (χ1v) is 12.1. The number of aryl methyl sites for hydroxylation is 1. The lowest BCUT2D eigenvalue weighted by atomic mass is 9.93. The van der Waals surface area contributed by atoms with Gasteiger partial charge in [0.25, 0.3) is 5.91 Å². The highest BCUT2D eigenvalue weighted by Gasteiger charge is 2.21. The summed E-state index contributed by atoms with van der Waals surface area (Å²) in [6, 6.07) is 17.7. The number of hydrogen-bond donors (Lipinski definition) is 6. The maximum atomic E-state index is 12.7. The van der Waals surface area contributed by atoms with Crippen LogP contribution in [0.5, 0.6) is 11.5 Å². The quantitative estimate of drug-likeness (QED) is 0.244. The van der Waals surface area contributed by atoms with Gasteiger partial charge in [-0.25, -0.2) is 0 Å². The summed E-state index contributed by atoms with van der Waals surface area (Å²) in [5.74, 6) is 0.129. The third kappa shape index (κ3) is 7.55. The fourth-order valence-corrected chi connectivity index (χ4v) is 4.12. The smallest absolute Gasteiger partial charge is 0.251 e. The molecular weight excluding hydrogens is 456 g/mol. The first-order chi connectivity index (χ1) is 17.1. The summed E-state index contributed by atoms with van der Waals surface area (Å²) in [5, 5.41) is 45.6. The predicted molar refractivity (Wildman–Crippen MR) is 140 cm³/mol. The number of hydrogen-bond acceptors (Lipinski definition) is 6. The van der Waals surface area contributed by atoms with E-state index in [0.717, 1.165) is 16.7 Å². The lowest BCUT2D eigenvalue weighted by Gasteiger charge is -2.28. The van der Waals surface area contributed by atoms with E-state index in [1.54, 1.807) is 24.3 Å². The lowest BCUT2D eigenvalue weighted by Crippen LogP contribution is -2.43. The minimum atomic E-state index is -0.801. The molecule has 7 nitrogen and oxygen atoms in total. The highest BCUT2D eigenvalue weighted by Crippen LogP contribution is 2.23. The van der Waals surface area contributed by atoms with Gasteiger partial charge >= 0.3 is 0 Å². The van der Waals surface area contributed by atoms with Crippen molar-refractivity contribution < 1.29 is 25.2 Å².